The molecule has 118 valence electrons. The van der Waals surface area contributed by atoms with E-state index in [4.69, 9.17) is 0 Å². The van der Waals surface area contributed by atoms with Crippen LogP contribution in [0.2, 0.25) is 0 Å². The normalized spacial score (nSPS) is 15.4. The van der Waals surface area contributed by atoms with E-state index < -0.39 is 0 Å². The monoisotopic (exact) mass is 282 g/mol. The zero-order chi connectivity index (χ0) is 15.5. The van der Waals surface area contributed by atoms with Crippen LogP contribution in [0.5, 0.6) is 0 Å². The van der Waals surface area contributed by atoms with Crippen molar-refractivity contribution in [2.24, 2.45) is 11.8 Å². The predicted molar refractivity (Wildman–Crippen MR) is 86.8 cm³/mol. The van der Waals surface area contributed by atoms with Gasteiger partial charge in [0.25, 0.3) is 0 Å². The fraction of sp³-hybridized carbons (Fsp3) is 0.833. The third-order valence-corrected chi connectivity index (χ3v) is 3.56. The van der Waals surface area contributed by atoms with Crippen molar-refractivity contribution in [3.05, 3.63) is 11.6 Å². The van der Waals surface area contributed by atoms with Crippen LogP contribution in [0.3, 0.4) is 0 Å². The molecule has 0 heterocycles. The molecule has 20 heavy (non-hydrogen) atoms. The van der Waals surface area contributed by atoms with Gasteiger partial charge in [-0.2, -0.15) is 0 Å². The molecule has 0 aliphatic carbocycles. The molecule has 2 heteroatoms. The highest BCUT2D eigenvalue weighted by molar-refractivity contribution is 5.78. The average Bonchev–Trinajstić information content (AvgIpc) is 2.26. The lowest BCUT2D eigenvalue weighted by atomic mass is 9.93. The highest BCUT2D eigenvalue weighted by Crippen LogP contribution is 2.17. The maximum atomic E-state index is 11.7. The minimum atomic E-state index is -0.203. The Morgan fingerprint density at radius 1 is 1.10 bits per heavy atom. The molecule has 0 rings (SSSR count). The van der Waals surface area contributed by atoms with E-state index in [-0.39, 0.29) is 6.10 Å². The summed E-state index contributed by atoms with van der Waals surface area (Å²) in [5.74, 6) is 1.40. The Hall–Kier alpha value is -0.630. The molecule has 0 amide bonds. The second-order valence-electron chi connectivity index (χ2n) is 6.82. The first-order valence-electron chi connectivity index (χ1n) is 8.16. The molecule has 0 saturated heterocycles. The summed E-state index contributed by atoms with van der Waals surface area (Å²) < 4.78 is 0. The molecule has 0 fully saturated rings. The number of hydrogen-bond donors (Lipinski definition) is 1. The summed E-state index contributed by atoms with van der Waals surface area (Å²) in [6, 6.07) is 0. The Balaban J connectivity index is 3.74. The van der Waals surface area contributed by atoms with Crippen LogP contribution in [0.1, 0.15) is 79.6 Å². The summed E-state index contributed by atoms with van der Waals surface area (Å²) >= 11 is 0. The first-order valence-corrected chi connectivity index (χ1v) is 8.16. The third kappa shape index (κ3) is 12.4. The zero-order valence-corrected chi connectivity index (χ0v) is 14.1. The second kappa shape index (κ2) is 11.1. The lowest BCUT2D eigenvalue weighted by Gasteiger charge is -2.11. The minimum Gasteiger partial charge on any atom is -0.393 e. The third-order valence-electron chi connectivity index (χ3n) is 3.56. The molecule has 0 aliphatic heterocycles. The summed E-state index contributed by atoms with van der Waals surface area (Å²) in [6.45, 7) is 10.4. The lowest BCUT2D eigenvalue weighted by Crippen LogP contribution is -2.08. The Labute approximate surface area is 125 Å². The Morgan fingerprint density at radius 3 is 2.30 bits per heavy atom. The van der Waals surface area contributed by atoms with Gasteiger partial charge in [-0.1, -0.05) is 32.4 Å². The Kier molecular flexibility index (Phi) is 10.7. The molecule has 2 nitrogen and oxygen atoms in total. The van der Waals surface area contributed by atoms with Crippen molar-refractivity contribution in [1.82, 2.24) is 0 Å². The minimum absolute atomic E-state index is 0.203. The van der Waals surface area contributed by atoms with Gasteiger partial charge in [0, 0.05) is 12.8 Å². The molecule has 0 aliphatic rings. The summed E-state index contributed by atoms with van der Waals surface area (Å²) in [5.41, 5.74) is 1.41. The van der Waals surface area contributed by atoms with Gasteiger partial charge in [-0.15, -0.1) is 0 Å². The van der Waals surface area contributed by atoms with Crippen LogP contribution < -0.4 is 0 Å². The van der Waals surface area contributed by atoms with Crippen LogP contribution >= 0.6 is 0 Å². The topological polar surface area (TPSA) is 37.3 Å². The number of carbonyl (C=O) groups excluding carboxylic acids is 1. The first kappa shape index (κ1) is 19.4. The molecule has 0 aromatic heterocycles. The van der Waals surface area contributed by atoms with Crippen molar-refractivity contribution in [1.29, 1.82) is 0 Å². The quantitative estimate of drug-likeness (QED) is 0.547. The van der Waals surface area contributed by atoms with Crippen LogP contribution in [-0.2, 0) is 4.79 Å². The van der Waals surface area contributed by atoms with Gasteiger partial charge in [-0.25, -0.2) is 0 Å². The van der Waals surface area contributed by atoms with Crippen molar-refractivity contribution in [3.8, 4) is 0 Å². The number of hydrogen-bond acceptors (Lipinski definition) is 2. The number of rotatable bonds is 11. The summed E-state index contributed by atoms with van der Waals surface area (Å²) in [4.78, 5) is 11.7. The van der Waals surface area contributed by atoms with E-state index in [2.05, 4.69) is 33.8 Å². The van der Waals surface area contributed by atoms with Gasteiger partial charge in [0.2, 0.25) is 0 Å². The molecule has 0 saturated carbocycles. The molecule has 0 aromatic rings. The van der Waals surface area contributed by atoms with Crippen LogP contribution in [-0.4, -0.2) is 17.0 Å². The van der Waals surface area contributed by atoms with E-state index in [1.54, 1.807) is 0 Å². The van der Waals surface area contributed by atoms with Gasteiger partial charge in [-0.05, 0) is 57.8 Å². The highest BCUT2D eigenvalue weighted by Gasteiger charge is 2.10. The van der Waals surface area contributed by atoms with Crippen molar-refractivity contribution in [2.45, 2.75) is 85.7 Å². The number of carbonyl (C=O) groups is 1. The molecule has 0 spiro atoms. The van der Waals surface area contributed by atoms with Gasteiger partial charge >= 0.3 is 0 Å². The van der Waals surface area contributed by atoms with Crippen LogP contribution in [0.15, 0.2) is 11.6 Å². The van der Waals surface area contributed by atoms with Gasteiger partial charge in [-0.3, -0.25) is 4.79 Å². The SMILES string of the molecule is CC(=CCCC(C)O)CCCC(C)CC(=O)CC(C)C. The van der Waals surface area contributed by atoms with E-state index in [9.17, 15) is 9.90 Å². The van der Waals surface area contributed by atoms with E-state index in [1.165, 1.54) is 5.57 Å². The molecule has 0 radical (unpaired) electrons. The highest BCUT2D eigenvalue weighted by atomic mass is 16.3. The van der Waals surface area contributed by atoms with Crippen LogP contribution in [0.25, 0.3) is 0 Å². The Bertz CT molecular complexity index is 290. The zero-order valence-electron chi connectivity index (χ0n) is 14.1. The van der Waals surface area contributed by atoms with Crippen molar-refractivity contribution in [2.75, 3.05) is 0 Å². The smallest absolute Gasteiger partial charge is 0.133 e. The molecular weight excluding hydrogens is 248 g/mol. The van der Waals surface area contributed by atoms with Crippen molar-refractivity contribution < 1.29 is 9.90 Å². The fourth-order valence-electron chi connectivity index (χ4n) is 2.43. The van der Waals surface area contributed by atoms with E-state index in [0.29, 0.717) is 17.6 Å². The molecule has 1 N–H and O–H groups in total. The maximum Gasteiger partial charge on any atom is 0.133 e. The molecule has 0 bridgehead atoms. The van der Waals surface area contributed by atoms with Gasteiger partial charge in [0.15, 0.2) is 0 Å². The van der Waals surface area contributed by atoms with E-state index in [0.717, 1.165) is 44.9 Å². The average molecular weight is 282 g/mol. The molecule has 0 aromatic carbocycles. The standard InChI is InChI=1S/C18H34O2/c1-14(2)12-18(20)13-16(4)10-6-8-15(3)9-7-11-17(5)19/h9,14,16-17,19H,6-8,10-13H2,1-5H3. The summed E-state index contributed by atoms with van der Waals surface area (Å²) in [5, 5.41) is 9.20. The largest absolute Gasteiger partial charge is 0.393 e. The van der Waals surface area contributed by atoms with E-state index >= 15 is 0 Å². The maximum absolute atomic E-state index is 11.7. The number of allylic oxidation sites excluding steroid dienone is 2. The number of aliphatic hydroxyl groups is 1. The van der Waals surface area contributed by atoms with Crippen LogP contribution in [0.4, 0.5) is 0 Å². The predicted octanol–water partition coefficient (Wildman–Crippen LogP) is 4.91. The van der Waals surface area contributed by atoms with Gasteiger partial charge < -0.3 is 5.11 Å². The molecule has 2 unspecified atom stereocenters. The van der Waals surface area contributed by atoms with E-state index in [1.807, 2.05) is 6.92 Å². The number of Topliss-reactive ketones (excluding diaryl/α,β-unsaturated/α-hetero) is 1. The first-order chi connectivity index (χ1) is 9.31. The lowest BCUT2D eigenvalue weighted by molar-refractivity contribution is -0.120. The van der Waals surface area contributed by atoms with Crippen LogP contribution in [0, 0.1) is 11.8 Å². The summed E-state index contributed by atoms with van der Waals surface area (Å²) in [6.07, 6.45) is 8.71. The summed E-state index contributed by atoms with van der Waals surface area (Å²) in [7, 11) is 0. The van der Waals surface area contributed by atoms with Gasteiger partial charge in [0.05, 0.1) is 6.10 Å². The molecular formula is C18H34O2. The van der Waals surface area contributed by atoms with Crippen molar-refractivity contribution in [3.63, 3.8) is 0 Å². The number of ketones is 1. The van der Waals surface area contributed by atoms with Crippen molar-refractivity contribution >= 4 is 5.78 Å². The number of aliphatic hydroxyl groups excluding tert-OH is 1. The van der Waals surface area contributed by atoms with Gasteiger partial charge in [0.1, 0.15) is 5.78 Å². The molecule has 2 atom stereocenters. The second-order valence-corrected chi connectivity index (χ2v) is 6.82. The fourth-order valence-corrected chi connectivity index (χ4v) is 2.43. The Morgan fingerprint density at radius 2 is 1.75 bits per heavy atom.